The highest BCUT2D eigenvalue weighted by atomic mass is 19.1. The molecule has 1 heterocycles. The smallest absolute Gasteiger partial charge is 0.252 e. The van der Waals surface area contributed by atoms with Crippen molar-refractivity contribution in [2.24, 2.45) is 5.73 Å². The average molecular weight is 436 g/mol. The fourth-order valence-electron chi connectivity index (χ4n) is 3.18. The van der Waals surface area contributed by atoms with Crippen LogP contribution in [0.2, 0.25) is 0 Å². The Labute approximate surface area is 183 Å². The summed E-state index contributed by atoms with van der Waals surface area (Å²) in [6.45, 7) is -0.190. The standard InChI is InChI=1S/C24H22F2N4O2/c25-16-9-7-15(8-10-16)19(27)14-20(28)23-17(4-3-5-18(23)26)24(32)30-22(11-13-31)21-6-1-2-12-29-21/h1-10,12,14,22,28,31H,11,13,27H2,(H,30,32)/b19-14-,28-20?. The van der Waals surface area contributed by atoms with E-state index in [0.29, 0.717) is 11.3 Å². The van der Waals surface area contributed by atoms with Gasteiger partial charge < -0.3 is 21.6 Å². The normalized spacial score (nSPS) is 12.3. The highest BCUT2D eigenvalue weighted by Crippen LogP contribution is 2.20. The van der Waals surface area contributed by atoms with Crippen LogP contribution in [0.5, 0.6) is 0 Å². The van der Waals surface area contributed by atoms with E-state index in [2.05, 4.69) is 10.3 Å². The summed E-state index contributed by atoms with van der Waals surface area (Å²) >= 11 is 0. The lowest BCUT2D eigenvalue weighted by molar-refractivity contribution is 0.0928. The zero-order valence-electron chi connectivity index (χ0n) is 17.1. The molecule has 6 nitrogen and oxygen atoms in total. The molecule has 0 aliphatic carbocycles. The van der Waals surface area contributed by atoms with Gasteiger partial charge in [-0.3, -0.25) is 9.78 Å². The molecule has 1 aromatic heterocycles. The number of nitrogens with two attached hydrogens (primary N) is 1. The first kappa shape index (κ1) is 22.8. The first-order valence-corrected chi connectivity index (χ1v) is 9.84. The maximum absolute atomic E-state index is 14.7. The van der Waals surface area contributed by atoms with Crippen molar-refractivity contribution in [3.05, 3.63) is 107 Å². The van der Waals surface area contributed by atoms with E-state index in [1.165, 1.54) is 42.5 Å². The van der Waals surface area contributed by atoms with Gasteiger partial charge in [0.05, 0.1) is 23.0 Å². The summed E-state index contributed by atoms with van der Waals surface area (Å²) in [7, 11) is 0. The molecular formula is C24H22F2N4O2. The first-order chi connectivity index (χ1) is 15.4. The SMILES string of the molecule is N=C(/C=C(\N)c1ccc(F)cc1)c1c(F)cccc1C(=O)NC(CCO)c1ccccn1. The van der Waals surface area contributed by atoms with Crippen LogP contribution in [0.3, 0.4) is 0 Å². The van der Waals surface area contributed by atoms with E-state index in [-0.39, 0.29) is 35.6 Å². The molecule has 1 unspecified atom stereocenters. The molecule has 0 saturated carbocycles. The lowest BCUT2D eigenvalue weighted by Gasteiger charge is -2.18. The third-order valence-electron chi connectivity index (χ3n) is 4.77. The zero-order chi connectivity index (χ0) is 23.1. The van der Waals surface area contributed by atoms with Gasteiger partial charge >= 0.3 is 0 Å². The average Bonchev–Trinajstić information content (AvgIpc) is 2.79. The highest BCUT2D eigenvalue weighted by Gasteiger charge is 2.22. The molecule has 2 aromatic carbocycles. The van der Waals surface area contributed by atoms with E-state index >= 15 is 0 Å². The van der Waals surface area contributed by atoms with E-state index in [1.807, 2.05) is 0 Å². The Morgan fingerprint density at radius 3 is 2.53 bits per heavy atom. The molecule has 8 heteroatoms. The van der Waals surface area contributed by atoms with Gasteiger partial charge in [0.25, 0.3) is 5.91 Å². The number of nitrogens with one attached hydrogen (secondary N) is 2. The van der Waals surface area contributed by atoms with Crippen molar-refractivity contribution < 1.29 is 18.7 Å². The monoisotopic (exact) mass is 436 g/mol. The Kier molecular flexibility index (Phi) is 7.41. The van der Waals surface area contributed by atoms with Gasteiger partial charge in [-0.1, -0.05) is 24.3 Å². The minimum Gasteiger partial charge on any atom is -0.398 e. The molecule has 0 radical (unpaired) electrons. The summed E-state index contributed by atoms with van der Waals surface area (Å²) in [6, 6.07) is 13.8. The lowest BCUT2D eigenvalue weighted by Crippen LogP contribution is -2.31. The number of aliphatic hydroxyl groups excluding tert-OH is 1. The Hall–Kier alpha value is -3.91. The van der Waals surface area contributed by atoms with E-state index in [4.69, 9.17) is 11.1 Å². The molecule has 0 fully saturated rings. The summed E-state index contributed by atoms with van der Waals surface area (Å²) in [5.41, 5.74) is 6.52. The van der Waals surface area contributed by atoms with Gasteiger partial charge in [0.2, 0.25) is 0 Å². The largest absolute Gasteiger partial charge is 0.398 e. The Morgan fingerprint density at radius 1 is 1.12 bits per heavy atom. The van der Waals surface area contributed by atoms with Crippen LogP contribution in [0.15, 0.2) is 72.9 Å². The summed E-state index contributed by atoms with van der Waals surface area (Å²) in [4.78, 5) is 17.2. The van der Waals surface area contributed by atoms with Gasteiger partial charge in [0, 0.05) is 24.1 Å². The number of allylic oxidation sites excluding steroid dienone is 1. The number of pyridine rings is 1. The molecule has 32 heavy (non-hydrogen) atoms. The maximum atomic E-state index is 14.7. The van der Waals surface area contributed by atoms with E-state index < -0.39 is 23.6 Å². The minimum atomic E-state index is -0.762. The predicted octanol–water partition coefficient (Wildman–Crippen LogP) is 3.58. The molecule has 1 amide bonds. The van der Waals surface area contributed by atoms with Gasteiger partial charge in [0.15, 0.2) is 0 Å². The quantitative estimate of drug-likeness (QED) is 0.404. The van der Waals surface area contributed by atoms with Gasteiger partial charge in [0.1, 0.15) is 11.6 Å². The van der Waals surface area contributed by atoms with Crippen LogP contribution in [0.25, 0.3) is 5.70 Å². The van der Waals surface area contributed by atoms with E-state index in [9.17, 15) is 18.7 Å². The number of nitrogens with zero attached hydrogens (tertiary/aromatic N) is 1. The second-order valence-corrected chi connectivity index (χ2v) is 6.98. The zero-order valence-corrected chi connectivity index (χ0v) is 17.1. The summed E-state index contributed by atoms with van der Waals surface area (Å²) in [5, 5.41) is 20.5. The van der Waals surface area contributed by atoms with Crippen molar-refractivity contribution in [3.8, 4) is 0 Å². The molecule has 5 N–H and O–H groups in total. The third-order valence-corrected chi connectivity index (χ3v) is 4.77. The second-order valence-electron chi connectivity index (χ2n) is 6.98. The van der Waals surface area contributed by atoms with Crippen LogP contribution in [-0.4, -0.2) is 28.3 Å². The topological polar surface area (TPSA) is 112 Å². The Balaban J connectivity index is 1.91. The molecule has 1 atom stereocenters. The van der Waals surface area contributed by atoms with Crippen molar-refractivity contribution in [2.75, 3.05) is 6.61 Å². The van der Waals surface area contributed by atoms with Gasteiger partial charge in [-0.2, -0.15) is 0 Å². The molecule has 0 spiro atoms. The third kappa shape index (κ3) is 5.41. The molecule has 0 aliphatic heterocycles. The van der Waals surface area contributed by atoms with Gasteiger partial charge in [-0.15, -0.1) is 0 Å². The second kappa shape index (κ2) is 10.4. The van der Waals surface area contributed by atoms with Crippen LogP contribution in [0, 0.1) is 17.0 Å². The minimum absolute atomic E-state index is 0.0583. The summed E-state index contributed by atoms with van der Waals surface area (Å²) in [5.74, 6) is -1.82. The number of carbonyl (C=O) groups is 1. The number of rotatable bonds is 8. The molecular weight excluding hydrogens is 414 g/mol. The number of halogens is 2. The van der Waals surface area contributed by atoms with E-state index in [1.54, 1.807) is 24.4 Å². The number of carbonyl (C=O) groups excluding carboxylic acids is 1. The van der Waals surface area contributed by atoms with Gasteiger partial charge in [-0.05, 0) is 54.5 Å². The van der Waals surface area contributed by atoms with E-state index in [0.717, 1.165) is 6.07 Å². The lowest BCUT2D eigenvalue weighted by atomic mass is 9.99. The summed E-state index contributed by atoms with van der Waals surface area (Å²) < 4.78 is 27.8. The van der Waals surface area contributed by atoms with Crippen molar-refractivity contribution in [1.82, 2.24) is 10.3 Å². The molecule has 3 rings (SSSR count). The van der Waals surface area contributed by atoms with Crippen LogP contribution in [0.4, 0.5) is 8.78 Å². The van der Waals surface area contributed by atoms with Crippen molar-refractivity contribution in [3.63, 3.8) is 0 Å². The first-order valence-electron chi connectivity index (χ1n) is 9.84. The number of hydrogen-bond acceptors (Lipinski definition) is 5. The van der Waals surface area contributed by atoms with Crippen LogP contribution in [-0.2, 0) is 0 Å². The van der Waals surface area contributed by atoms with Crippen LogP contribution >= 0.6 is 0 Å². The number of benzene rings is 2. The molecule has 164 valence electrons. The number of hydrogen-bond donors (Lipinski definition) is 4. The fraction of sp³-hybridized carbons (Fsp3) is 0.125. The molecule has 0 bridgehead atoms. The number of amides is 1. The molecule has 0 aliphatic rings. The Bertz CT molecular complexity index is 1130. The highest BCUT2D eigenvalue weighted by molar-refractivity contribution is 6.16. The van der Waals surface area contributed by atoms with Crippen molar-refractivity contribution in [2.45, 2.75) is 12.5 Å². The summed E-state index contributed by atoms with van der Waals surface area (Å²) in [6.07, 6.45) is 2.99. The van der Waals surface area contributed by atoms with Crippen molar-refractivity contribution >= 4 is 17.3 Å². The van der Waals surface area contributed by atoms with Crippen molar-refractivity contribution in [1.29, 1.82) is 5.41 Å². The number of aromatic nitrogens is 1. The van der Waals surface area contributed by atoms with Gasteiger partial charge in [-0.25, -0.2) is 8.78 Å². The van der Waals surface area contributed by atoms with Crippen LogP contribution < -0.4 is 11.1 Å². The predicted molar refractivity (Wildman–Crippen MR) is 118 cm³/mol. The Morgan fingerprint density at radius 2 is 1.88 bits per heavy atom. The molecule has 0 saturated heterocycles. The molecule has 3 aromatic rings. The maximum Gasteiger partial charge on any atom is 0.252 e. The number of aliphatic hydroxyl groups is 1. The fourth-order valence-corrected chi connectivity index (χ4v) is 3.18. The van der Waals surface area contributed by atoms with Crippen LogP contribution in [0.1, 0.15) is 39.6 Å².